The number of nitro benzene ring substituents is 1. The van der Waals surface area contributed by atoms with Gasteiger partial charge in [0, 0.05) is 27.6 Å². The van der Waals surface area contributed by atoms with Crippen LogP contribution in [0.5, 0.6) is 0 Å². The van der Waals surface area contributed by atoms with Gasteiger partial charge in [0.25, 0.3) is 5.69 Å². The van der Waals surface area contributed by atoms with E-state index in [1.165, 1.54) is 30.1 Å². The average molecular weight is 495 g/mol. The van der Waals surface area contributed by atoms with Crippen molar-refractivity contribution in [1.29, 1.82) is 0 Å². The third kappa shape index (κ3) is 5.93. The number of nitrogens with zero attached hydrogens (tertiary/aromatic N) is 2. The van der Waals surface area contributed by atoms with E-state index in [9.17, 15) is 14.9 Å². The number of benzene rings is 2. The van der Waals surface area contributed by atoms with E-state index in [0.717, 1.165) is 9.37 Å². The largest absolute Gasteiger partial charge is 0.447 e. The molecule has 0 saturated heterocycles. The Hall–Kier alpha value is -2.62. The fourth-order valence-corrected chi connectivity index (χ4v) is 3.79. The fraction of sp³-hybridized carbons (Fsp3) is 0.0526. The predicted octanol–water partition coefficient (Wildman–Crippen LogP) is 5.45. The number of amides is 1. The summed E-state index contributed by atoms with van der Waals surface area (Å²) in [6.45, 7) is 0. The minimum atomic E-state index is -0.522. The van der Waals surface area contributed by atoms with E-state index in [4.69, 9.17) is 16.0 Å². The van der Waals surface area contributed by atoms with Gasteiger partial charge in [-0.25, -0.2) is 5.43 Å². The second-order valence-electron chi connectivity index (χ2n) is 5.70. The van der Waals surface area contributed by atoms with E-state index in [1.54, 1.807) is 30.3 Å². The van der Waals surface area contributed by atoms with Gasteiger partial charge < -0.3 is 4.42 Å². The van der Waals surface area contributed by atoms with E-state index >= 15 is 0 Å². The monoisotopic (exact) mass is 493 g/mol. The molecule has 0 spiro atoms. The lowest BCUT2D eigenvalue weighted by atomic mass is 10.1. The molecule has 0 saturated carbocycles. The topological polar surface area (TPSA) is 97.7 Å². The number of carbonyl (C=O) groups is 1. The van der Waals surface area contributed by atoms with E-state index in [-0.39, 0.29) is 12.1 Å². The van der Waals surface area contributed by atoms with Crippen LogP contribution in [0.15, 0.2) is 78.6 Å². The van der Waals surface area contributed by atoms with Crippen molar-refractivity contribution in [3.05, 3.63) is 85.5 Å². The Morgan fingerprint density at radius 2 is 2.00 bits per heavy atom. The molecule has 0 atom stereocenters. The molecule has 29 heavy (non-hydrogen) atoms. The SMILES string of the molecule is O=C(Cc1ccccc1[N+](=O)[O-])NN=Cc1cc(Br)c(Sc2ccc(Cl)cc2)o1. The first kappa shape index (κ1) is 21.1. The lowest BCUT2D eigenvalue weighted by Gasteiger charge is -2.01. The van der Waals surface area contributed by atoms with Gasteiger partial charge in [0.05, 0.1) is 22.0 Å². The molecule has 10 heteroatoms. The van der Waals surface area contributed by atoms with Crippen molar-refractivity contribution in [1.82, 2.24) is 5.43 Å². The highest BCUT2D eigenvalue weighted by atomic mass is 79.9. The number of hydrazone groups is 1. The molecule has 0 fully saturated rings. The number of nitro groups is 1. The van der Waals surface area contributed by atoms with Crippen LogP contribution in [0.3, 0.4) is 0 Å². The molecular formula is C19H13BrClN3O4S. The average Bonchev–Trinajstić information content (AvgIpc) is 3.03. The van der Waals surface area contributed by atoms with Crippen LogP contribution in [0.25, 0.3) is 0 Å². The highest BCUT2D eigenvalue weighted by Crippen LogP contribution is 2.35. The number of hydrogen-bond acceptors (Lipinski definition) is 6. The van der Waals surface area contributed by atoms with Crippen LogP contribution >= 0.6 is 39.3 Å². The molecule has 3 aromatic rings. The first-order chi connectivity index (χ1) is 13.9. The summed E-state index contributed by atoms with van der Waals surface area (Å²) in [5.41, 5.74) is 2.55. The van der Waals surface area contributed by atoms with Gasteiger partial charge in [-0.1, -0.05) is 41.6 Å². The summed E-state index contributed by atoms with van der Waals surface area (Å²) in [7, 11) is 0. The number of carbonyl (C=O) groups excluding carboxylic acids is 1. The van der Waals surface area contributed by atoms with Crippen molar-refractivity contribution in [3.63, 3.8) is 0 Å². The van der Waals surface area contributed by atoms with E-state index in [2.05, 4.69) is 26.5 Å². The predicted molar refractivity (Wildman–Crippen MR) is 115 cm³/mol. The van der Waals surface area contributed by atoms with Crippen LogP contribution in [0, 0.1) is 10.1 Å². The Morgan fingerprint density at radius 3 is 2.72 bits per heavy atom. The molecule has 1 heterocycles. The molecule has 0 bridgehead atoms. The van der Waals surface area contributed by atoms with Crippen molar-refractivity contribution in [2.24, 2.45) is 5.10 Å². The molecule has 0 aliphatic rings. The Morgan fingerprint density at radius 1 is 1.28 bits per heavy atom. The summed E-state index contributed by atoms with van der Waals surface area (Å²) in [6, 6.07) is 15.1. The zero-order valence-electron chi connectivity index (χ0n) is 14.7. The second-order valence-corrected chi connectivity index (χ2v) is 8.03. The summed E-state index contributed by atoms with van der Waals surface area (Å²) in [5, 5.41) is 16.1. The number of furan rings is 1. The molecule has 3 rings (SSSR count). The zero-order chi connectivity index (χ0) is 20.8. The third-order valence-electron chi connectivity index (χ3n) is 3.62. The van der Waals surface area contributed by atoms with Crippen LogP contribution < -0.4 is 5.43 Å². The Bertz CT molecular complexity index is 1070. The normalized spacial score (nSPS) is 11.0. The zero-order valence-corrected chi connectivity index (χ0v) is 17.8. The van der Waals surface area contributed by atoms with Gasteiger partial charge in [-0.05, 0) is 40.2 Å². The van der Waals surface area contributed by atoms with E-state index in [0.29, 0.717) is 21.4 Å². The highest BCUT2D eigenvalue weighted by molar-refractivity contribution is 9.10. The van der Waals surface area contributed by atoms with Gasteiger partial charge in [-0.15, -0.1) is 0 Å². The van der Waals surface area contributed by atoms with Gasteiger partial charge in [0.2, 0.25) is 5.91 Å². The van der Waals surface area contributed by atoms with Crippen LogP contribution in [0.4, 0.5) is 5.69 Å². The Kier molecular flexibility index (Phi) is 7.08. The van der Waals surface area contributed by atoms with Gasteiger partial charge in [-0.3, -0.25) is 14.9 Å². The van der Waals surface area contributed by atoms with Gasteiger partial charge >= 0.3 is 0 Å². The summed E-state index contributed by atoms with van der Waals surface area (Å²) in [5.74, 6) is -0.0451. The molecule has 1 amide bonds. The van der Waals surface area contributed by atoms with Crippen molar-refractivity contribution in [3.8, 4) is 0 Å². The van der Waals surface area contributed by atoms with E-state index < -0.39 is 10.8 Å². The number of rotatable bonds is 7. The Labute approximate surface area is 183 Å². The number of para-hydroxylation sites is 1. The quantitative estimate of drug-likeness (QED) is 0.268. The maximum Gasteiger partial charge on any atom is 0.273 e. The van der Waals surface area contributed by atoms with E-state index in [1.807, 2.05) is 12.1 Å². The molecule has 0 radical (unpaired) electrons. The highest BCUT2D eigenvalue weighted by Gasteiger charge is 2.15. The van der Waals surface area contributed by atoms with Gasteiger partial charge in [0.15, 0.2) is 5.09 Å². The first-order valence-corrected chi connectivity index (χ1v) is 10.2. The molecular weight excluding hydrogens is 482 g/mol. The summed E-state index contributed by atoms with van der Waals surface area (Å²) >= 11 is 10.7. The van der Waals surface area contributed by atoms with Crippen molar-refractivity contribution in [2.75, 3.05) is 0 Å². The maximum absolute atomic E-state index is 12.0. The second kappa shape index (κ2) is 9.73. The molecule has 1 N–H and O–H groups in total. The van der Waals surface area contributed by atoms with Crippen molar-refractivity contribution < 1.29 is 14.1 Å². The van der Waals surface area contributed by atoms with Crippen molar-refractivity contribution in [2.45, 2.75) is 16.4 Å². The fourth-order valence-electron chi connectivity index (χ4n) is 2.33. The smallest absolute Gasteiger partial charge is 0.273 e. The molecule has 7 nitrogen and oxygen atoms in total. The van der Waals surface area contributed by atoms with Gasteiger partial charge in [0.1, 0.15) is 5.76 Å². The molecule has 148 valence electrons. The lowest BCUT2D eigenvalue weighted by Crippen LogP contribution is -2.20. The molecule has 2 aromatic carbocycles. The first-order valence-electron chi connectivity index (χ1n) is 8.19. The maximum atomic E-state index is 12.0. The van der Waals surface area contributed by atoms with Crippen LogP contribution in [0.2, 0.25) is 5.02 Å². The molecule has 1 aromatic heterocycles. The summed E-state index contributed by atoms with van der Waals surface area (Å²) in [6.07, 6.45) is 1.20. The Balaban J connectivity index is 1.60. The van der Waals surface area contributed by atoms with Gasteiger partial charge in [-0.2, -0.15) is 5.10 Å². The number of hydrogen-bond donors (Lipinski definition) is 1. The van der Waals surface area contributed by atoms with Crippen molar-refractivity contribution >= 4 is 57.1 Å². The number of nitrogens with one attached hydrogen (secondary N) is 1. The van der Waals surface area contributed by atoms with Crippen LogP contribution in [-0.2, 0) is 11.2 Å². The number of halogens is 2. The standard InChI is InChI=1S/C19H13BrClN3O4S/c20-16-10-14(28-19(16)29-15-7-5-13(21)6-8-15)11-22-23-18(25)9-12-3-1-2-4-17(12)24(26)27/h1-8,10-11H,9H2,(H,23,25). The molecule has 0 aliphatic heterocycles. The third-order valence-corrected chi connectivity index (χ3v) is 5.72. The minimum absolute atomic E-state index is 0.106. The molecule has 0 unspecified atom stereocenters. The summed E-state index contributed by atoms with van der Waals surface area (Å²) in [4.78, 5) is 23.4. The molecule has 0 aliphatic carbocycles. The minimum Gasteiger partial charge on any atom is -0.447 e. The van der Waals surface area contributed by atoms with Crippen LogP contribution in [-0.4, -0.2) is 17.0 Å². The summed E-state index contributed by atoms with van der Waals surface area (Å²) < 4.78 is 6.43. The lowest BCUT2D eigenvalue weighted by molar-refractivity contribution is -0.385. The van der Waals surface area contributed by atoms with Crippen LogP contribution in [0.1, 0.15) is 11.3 Å².